The summed E-state index contributed by atoms with van der Waals surface area (Å²) in [5, 5.41) is 6.87. The van der Waals surface area contributed by atoms with Crippen LogP contribution in [0.4, 0.5) is 5.69 Å². The maximum atomic E-state index is 6.35. The SMILES string of the molecule is COc1ccc(-c2c/c(=N\Nc3ccccc3)c3cc(Cl)c(C)cc3o2)cc1. The van der Waals surface area contributed by atoms with Crippen LogP contribution in [-0.4, -0.2) is 7.11 Å². The summed E-state index contributed by atoms with van der Waals surface area (Å²) >= 11 is 6.35. The van der Waals surface area contributed by atoms with E-state index >= 15 is 0 Å². The first-order valence-corrected chi connectivity index (χ1v) is 9.25. The van der Waals surface area contributed by atoms with Crippen LogP contribution in [0, 0.1) is 6.92 Å². The Morgan fingerprint density at radius 1 is 0.964 bits per heavy atom. The smallest absolute Gasteiger partial charge is 0.137 e. The van der Waals surface area contributed by atoms with Crippen LogP contribution >= 0.6 is 11.6 Å². The monoisotopic (exact) mass is 390 g/mol. The summed E-state index contributed by atoms with van der Waals surface area (Å²) in [6.45, 7) is 1.95. The van der Waals surface area contributed by atoms with Gasteiger partial charge in [-0.1, -0.05) is 29.8 Å². The second kappa shape index (κ2) is 7.79. The molecule has 0 bridgehead atoms. The van der Waals surface area contributed by atoms with Crippen LogP contribution in [0.3, 0.4) is 0 Å². The lowest BCUT2D eigenvalue weighted by molar-refractivity contribution is 0.415. The Kier molecular flexibility index (Phi) is 5.04. The summed E-state index contributed by atoms with van der Waals surface area (Å²) in [4.78, 5) is 0. The summed E-state index contributed by atoms with van der Waals surface area (Å²) in [6, 6.07) is 23.3. The Balaban J connectivity index is 1.88. The average Bonchev–Trinajstić information content (AvgIpc) is 2.74. The molecule has 0 aliphatic heterocycles. The van der Waals surface area contributed by atoms with Crippen LogP contribution in [0.1, 0.15) is 5.56 Å². The standard InChI is InChI=1S/C23H19ClN2O2/c1-15-12-23-19(13-20(15)24)21(26-25-17-6-4-3-5-7-17)14-22(28-23)16-8-10-18(27-2)11-9-16/h3-14,25H,1-2H3/b26-21+. The quantitative estimate of drug-likeness (QED) is 0.435. The van der Waals surface area contributed by atoms with E-state index < -0.39 is 0 Å². The Morgan fingerprint density at radius 3 is 2.43 bits per heavy atom. The number of anilines is 1. The summed E-state index contributed by atoms with van der Waals surface area (Å²) in [7, 11) is 1.65. The maximum absolute atomic E-state index is 6.35. The first-order valence-electron chi connectivity index (χ1n) is 8.87. The number of ether oxygens (including phenoxy) is 1. The minimum absolute atomic E-state index is 0.677. The molecule has 0 saturated carbocycles. The van der Waals surface area contributed by atoms with Gasteiger partial charge in [-0.25, -0.2) is 0 Å². The molecule has 0 fully saturated rings. The fourth-order valence-electron chi connectivity index (χ4n) is 2.92. The minimum Gasteiger partial charge on any atom is -0.497 e. The molecule has 0 aliphatic rings. The van der Waals surface area contributed by atoms with E-state index in [1.54, 1.807) is 7.11 Å². The second-order valence-corrected chi connectivity index (χ2v) is 6.82. The molecule has 1 aromatic heterocycles. The highest BCUT2D eigenvalue weighted by atomic mass is 35.5. The highest BCUT2D eigenvalue weighted by molar-refractivity contribution is 6.32. The molecule has 0 spiro atoms. The van der Waals surface area contributed by atoms with Crippen LogP contribution in [0.25, 0.3) is 22.3 Å². The highest BCUT2D eigenvalue weighted by Crippen LogP contribution is 2.27. The van der Waals surface area contributed by atoms with Crippen LogP contribution in [0.2, 0.25) is 5.02 Å². The van der Waals surface area contributed by atoms with Crippen molar-refractivity contribution in [1.82, 2.24) is 0 Å². The first-order chi connectivity index (χ1) is 13.6. The Labute approximate surface area is 168 Å². The molecule has 0 atom stereocenters. The Bertz CT molecular complexity index is 1180. The van der Waals surface area contributed by atoms with Gasteiger partial charge in [-0.15, -0.1) is 0 Å². The van der Waals surface area contributed by atoms with Gasteiger partial charge in [-0.2, -0.15) is 5.10 Å². The number of hydrogen-bond acceptors (Lipinski definition) is 4. The molecule has 4 nitrogen and oxygen atoms in total. The number of hydrogen-bond donors (Lipinski definition) is 1. The predicted molar refractivity (Wildman–Crippen MR) is 114 cm³/mol. The maximum Gasteiger partial charge on any atom is 0.137 e. The van der Waals surface area contributed by atoms with Crippen molar-refractivity contribution in [2.24, 2.45) is 5.10 Å². The highest BCUT2D eigenvalue weighted by Gasteiger charge is 2.09. The fourth-order valence-corrected chi connectivity index (χ4v) is 3.08. The largest absolute Gasteiger partial charge is 0.497 e. The number of nitrogens with zero attached hydrogens (tertiary/aromatic N) is 1. The van der Waals surface area contributed by atoms with E-state index in [2.05, 4.69) is 10.5 Å². The number of nitrogens with one attached hydrogen (secondary N) is 1. The van der Waals surface area contributed by atoms with Gasteiger partial charge in [0.1, 0.15) is 17.1 Å². The van der Waals surface area contributed by atoms with Crippen molar-refractivity contribution in [2.75, 3.05) is 12.5 Å². The average molecular weight is 391 g/mol. The lowest BCUT2D eigenvalue weighted by Gasteiger charge is -2.08. The number of rotatable bonds is 4. The number of aryl methyl sites for hydroxylation is 1. The third-order valence-electron chi connectivity index (χ3n) is 4.48. The molecule has 0 amide bonds. The molecule has 0 aliphatic carbocycles. The van der Waals surface area contributed by atoms with Gasteiger partial charge in [-0.05, 0) is 61.0 Å². The van der Waals surface area contributed by atoms with Crippen LogP contribution in [0.5, 0.6) is 5.75 Å². The Morgan fingerprint density at radius 2 is 1.71 bits per heavy atom. The van der Waals surface area contributed by atoms with Gasteiger partial charge in [0.2, 0.25) is 0 Å². The Hall–Kier alpha value is -3.24. The molecule has 1 N–H and O–H groups in total. The van der Waals surface area contributed by atoms with Crippen molar-refractivity contribution in [3.05, 3.63) is 88.7 Å². The molecule has 0 saturated heterocycles. The van der Waals surface area contributed by atoms with Gasteiger partial charge in [0.15, 0.2) is 0 Å². The van der Waals surface area contributed by atoms with E-state index in [-0.39, 0.29) is 0 Å². The lowest BCUT2D eigenvalue weighted by atomic mass is 10.1. The molecule has 1 heterocycles. The second-order valence-electron chi connectivity index (χ2n) is 6.41. The van der Waals surface area contributed by atoms with Crippen molar-refractivity contribution in [3.8, 4) is 17.1 Å². The van der Waals surface area contributed by atoms with Crippen LogP contribution in [0.15, 0.2) is 82.3 Å². The molecule has 3 aromatic carbocycles. The number of halogens is 1. The molecule has 0 radical (unpaired) electrons. The van der Waals surface area contributed by atoms with Gasteiger partial charge in [0.05, 0.1) is 18.2 Å². The third kappa shape index (κ3) is 3.73. The molecule has 5 heteroatoms. The molecule has 4 rings (SSSR count). The number of fused-ring (bicyclic) bond motifs is 1. The van der Waals surface area contributed by atoms with E-state index in [9.17, 15) is 0 Å². The van der Waals surface area contributed by atoms with E-state index in [1.807, 2.05) is 79.7 Å². The predicted octanol–water partition coefficient (Wildman–Crippen LogP) is 6.00. The molecule has 0 unspecified atom stereocenters. The van der Waals surface area contributed by atoms with Gasteiger partial charge in [0, 0.05) is 22.0 Å². The fraction of sp³-hybridized carbons (Fsp3) is 0.0870. The van der Waals surface area contributed by atoms with Crippen LogP contribution < -0.4 is 15.5 Å². The summed E-state index contributed by atoms with van der Waals surface area (Å²) in [6.07, 6.45) is 0. The molecule has 28 heavy (non-hydrogen) atoms. The van der Waals surface area contributed by atoms with Gasteiger partial charge >= 0.3 is 0 Å². The molecule has 4 aromatic rings. The molecular weight excluding hydrogens is 372 g/mol. The van der Waals surface area contributed by atoms with Crippen molar-refractivity contribution >= 4 is 28.3 Å². The van der Waals surface area contributed by atoms with Crippen molar-refractivity contribution < 1.29 is 9.15 Å². The van der Waals surface area contributed by atoms with E-state index in [4.69, 9.17) is 20.8 Å². The normalized spacial score (nSPS) is 11.6. The van der Waals surface area contributed by atoms with Gasteiger partial charge in [-0.3, -0.25) is 5.43 Å². The van der Waals surface area contributed by atoms with E-state index in [0.29, 0.717) is 10.8 Å². The first kappa shape index (κ1) is 18.1. The lowest BCUT2D eigenvalue weighted by Crippen LogP contribution is -2.07. The topological polar surface area (TPSA) is 46.8 Å². The zero-order chi connectivity index (χ0) is 19.5. The van der Waals surface area contributed by atoms with E-state index in [0.717, 1.165) is 38.9 Å². The van der Waals surface area contributed by atoms with Crippen LogP contribution in [-0.2, 0) is 0 Å². The molecular formula is C23H19ClN2O2. The minimum atomic E-state index is 0.677. The van der Waals surface area contributed by atoms with Crippen molar-refractivity contribution in [3.63, 3.8) is 0 Å². The van der Waals surface area contributed by atoms with Gasteiger partial charge in [0.25, 0.3) is 0 Å². The van der Waals surface area contributed by atoms with E-state index in [1.165, 1.54) is 0 Å². The summed E-state index contributed by atoms with van der Waals surface area (Å²) in [5.74, 6) is 1.51. The number of para-hydroxylation sites is 1. The van der Waals surface area contributed by atoms with Crippen molar-refractivity contribution in [2.45, 2.75) is 6.92 Å². The molecule has 140 valence electrons. The zero-order valence-corrected chi connectivity index (χ0v) is 16.3. The van der Waals surface area contributed by atoms with Gasteiger partial charge < -0.3 is 9.15 Å². The number of methoxy groups -OCH3 is 1. The summed E-state index contributed by atoms with van der Waals surface area (Å²) < 4.78 is 11.4. The summed E-state index contributed by atoms with van der Waals surface area (Å²) in [5.41, 5.74) is 6.62. The number of benzene rings is 3. The van der Waals surface area contributed by atoms with Crippen molar-refractivity contribution in [1.29, 1.82) is 0 Å². The zero-order valence-electron chi connectivity index (χ0n) is 15.6. The third-order valence-corrected chi connectivity index (χ3v) is 4.89.